The van der Waals surface area contributed by atoms with Crippen LogP contribution in [-0.4, -0.2) is 11.9 Å². The number of carbonyl (C=O) groups excluding carboxylic acids is 2. The van der Waals surface area contributed by atoms with E-state index in [1.54, 1.807) is 18.2 Å². The van der Waals surface area contributed by atoms with Gasteiger partial charge < -0.3 is 14.2 Å². The van der Waals surface area contributed by atoms with Gasteiger partial charge in [-0.05, 0) is 48.9 Å². The Morgan fingerprint density at radius 3 is 1.81 bits per heavy atom. The van der Waals surface area contributed by atoms with Crippen LogP contribution < -0.4 is 14.2 Å². The Morgan fingerprint density at radius 1 is 0.710 bits per heavy atom. The van der Waals surface area contributed by atoms with Crippen LogP contribution >= 0.6 is 0 Å². The second-order valence-corrected chi connectivity index (χ2v) is 8.54. The Balaban J connectivity index is 2.10. The molecule has 0 aliphatic heterocycles. The molecule has 0 fully saturated rings. The van der Waals surface area contributed by atoms with Gasteiger partial charge in [0.2, 0.25) is 0 Å². The van der Waals surface area contributed by atoms with Gasteiger partial charge in [-0.2, -0.15) is 0 Å². The SMILES string of the molecule is CC(C)CCCC(=O)Oc1ccc(Oc2ccccc2)cc1OC(=O)CCCC(C)C. The van der Waals surface area contributed by atoms with E-state index in [9.17, 15) is 9.59 Å². The van der Waals surface area contributed by atoms with Gasteiger partial charge in [-0.15, -0.1) is 0 Å². The average Bonchev–Trinajstić information content (AvgIpc) is 2.70. The topological polar surface area (TPSA) is 61.8 Å². The third-order valence-electron chi connectivity index (χ3n) is 4.67. The van der Waals surface area contributed by atoms with Gasteiger partial charge in [-0.25, -0.2) is 0 Å². The van der Waals surface area contributed by atoms with Crippen LogP contribution in [0, 0.1) is 11.8 Å². The summed E-state index contributed by atoms with van der Waals surface area (Å²) in [4.78, 5) is 24.6. The minimum absolute atomic E-state index is 0.195. The van der Waals surface area contributed by atoms with Gasteiger partial charge in [-0.3, -0.25) is 9.59 Å². The summed E-state index contributed by atoms with van der Waals surface area (Å²) in [6.07, 6.45) is 4.05. The molecule has 5 heteroatoms. The van der Waals surface area contributed by atoms with E-state index in [1.807, 2.05) is 30.3 Å². The fourth-order valence-electron chi connectivity index (χ4n) is 3.00. The van der Waals surface area contributed by atoms with Crippen LogP contribution in [0.5, 0.6) is 23.0 Å². The molecular formula is C26H34O5. The van der Waals surface area contributed by atoms with Crippen LogP contribution in [0.25, 0.3) is 0 Å². The van der Waals surface area contributed by atoms with Crippen molar-refractivity contribution in [3.8, 4) is 23.0 Å². The number of benzene rings is 2. The molecule has 0 aliphatic carbocycles. The van der Waals surface area contributed by atoms with Crippen LogP contribution in [0.3, 0.4) is 0 Å². The summed E-state index contributed by atoms with van der Waals surface area (Å²) in [7, 11) is 0. The smallest absolute Gasteiger partial charge is 0.311 e. The lowest BCUT2D eigenvalue weighted by Gasteiger charge is -2.13. The van der Waals surface area contributed by atoms with Crippen LogP contribution in [-0.2, 0) is 9.59 Å². The molecule has 2 aromatic carbocycles. The molecule has 0 saturated carbocycles. The highest BCUT2D eigenvalue weighted by molar-refractivity contribution is 5.76. The standard InChI is InChI=1S/C26H34O5/c1-19(2)10-8-14-25(27)30-23-17-16-22(29-21-12-6-5-7-13-21)18-24(23)31-26(28)15-9-11-20(3)4/h5-7,12-13,16-20H,8-11,14-15H2,1-4H3. The number of rotatable bonds is 12. The number of para-hydroxylation sites is 1. The predicted molar refractivity (Wildman–Crippen MR) is 122 cm³/mol. The third kappa shape index (κ3) is 9.69. The van der Waals surface area contributed by atoms with Crippen molar-refractivity contribution in [3.05, 3.63) is 48.5 Å². The first-order valence-corrected chi connectivity index (χ1v) is 11.1. The van der Waals surface area contributed by atoms with E-state index in [0.717, 1.165) is 25.7 Å². The summed E-state index contributed by atoms with van der Waals surface area (Å²) in [5, 5.41) is 0. The summed E-state index contributed by atoms with van der Waals surface area (Å²) in [6.45, 7) is 8.47. The molecule has 0 N–H and O–H groups in total. The molecule has 2 rings (SSSR count). The highest BCUT2D eigenvalue weighted by atomic mass is 16.6. The molecule has 0 spiro atoms. The minimum Gasteiger partial charge on any atom is -0.457 e. The maximum Gasteiger partial charge on any atom is 0.311 e. The third-order valence-corrected chi connectivity index (χ3v) is 4.67. The maximum atomic E-state index is 12.3. The molecular weight excluding hydrogens is 392 g/mol. The highest BCUT2D eigenvalue weighted by Crippen LogP contribution is 2.34. The van der Waals surface area contributed by atoms with Crippen LogP contribution in [0.1, 0.15) is 66.2 Å². The molecule has 168 valence electrons. The molecule has 5 nitrogen and oxygen atoms in total. The van der Waals surface area contributed by atoms with E-state index in [0.29, 0.717) is 36.2 Å². The largest absolute Gasteiger partial charge is 0.457 e. The molecule has 0 aliphatic rings. The zero-order valence-electron chi connectivity index (χ0n) is 19.1. The summed E-state index contributed by atoms with van der Waals surface area (Å²) in [5.74, 6) is 1.95. The van der Waals surface area contributed by atoms with Crippen molar-refractivity contribution in [1.29, 1.82) is 0 Å². The van der Waals surface area contributed by atoms with E-state index in [1.165, 1.54) is 0 Å². The number of hydrogen-bond acceptors (Lipinski definition) is 5. The molecule has 0 amide bonds. The lowest BCUT2D eigenvalue weighted by molar-refractivity contribution is -0.137. The van der Waals surface area contributed by atoms with E-state index >= 15 is 0 Å². The monoisotopic (exact) mass is 426 g/mol. The number of ether oxygens (including phenoxy) is 3. The van der Waals surface area contributed by atoms with E-state index < -0.39 is 0 Å². The van der Waals surface area contributed by atoms with Gasteiger partial charge in [-0.1, -0.05) is 58.7 Å². The summed E-state index contributed by atoms with van der Waals surface area (Å²) < 4.78 is 16.9. The highest BCUT2D eigenvalue weighted by Gasteiger charge is 2.16. The number of carbonyl (C=O) groups is 2. The zero-order chi connectivity index (χ0) is 22.6. The Bertz CT molecular complexity index is 827. The van der Waals surface area contributed by atoms with Crippen molar-refractivity contribution in [2.24, 2.45) is 11.8 Å². The molecule has 2 aromatic rings. The zero-order valence-corrected chi connectivity index (χ0v) is 19.1. The van der Waals surface area contributed by atoms with Gasteiger partial charge in [0.25, 0.3) is 0 Å². The normalized spacial score (nSPS) is 10.9. The Morgan fingerprint density at radius 2 is 1.26 bits per heavy atom. The number of esters is 2. The van der Waals surface area contributed by atoms with Crippen molar-refractivity contribution < 1.29 is 23.8 Å². The Hall–Kier alpha value is -2.82. The van der Waals surface area contributed by atoms with Crippen LogP contribution in [0.2, 0.25) is 0 Å². The van der Waals surface area contributed by atoms with Gasteiger partial charge in [0, 0.05) is 18.9 Å². The first-order chi connectivity index (χ1) is 14.8. The fraction of sp³-hybridized carbons (Fsp3) is 0.462. The van der Waals surface area contributed by atoms with E-state index in [4.69, 9.17) is 14.2 Å². The quantitative estimate of drug-likeness (QED) is 0.272. The van der Waals surface area contributed by atoms with Gasteiger partial charge in [0.1, 0.15) is 11.5 Å². The van der Waals surface area contributed by atoms with Gasteiger partial charge >= 0.3 is 11.9 Å². The lowest BCUT2D eigenvalue weighted by atomic mass is 10.1. The summed E-state index contributed by atoms with van der Waals surface area (Å²) in [5.41, 5.74) is 0. The molecule has 0 heterocycles. The van der Waals surface area contributed by atoms with Crippen molar-refractivity contribution in [2.75, 3.05) is 0 Å². The molecule has 0 atom stereocenters. The van der Waals surface area contributed by atoms with Crippen molar-refractivity contribution >= 4 is 11.9 Å². The Kier molecular flexibility index (Phi) is 10.1. The molecule has 0 aromatic heterocycles. The lowest BCUT2D eigenvalue weighted by Crippen LogP contribution is -2.12. The molecule has 31 heavy (non-hydrogen) atoms. The Labute approximate surface area is 185 Å². The number of hydrogen-bond donors (Lipinski definition) is 0. The van der Waals surface area contributed by atoms with Crippen molar-refractivity contribution in [3.63, 3.8) is 0 Å². The average molecular weight is 427 g/mol. The van der Waals surface area contributed by atoms with Crippen molar-refractivity contribution in [2.45, 2.75) is 66.2 Å². The molecule has 0 radical (unpaired) electrons. The maximum absolute atomic E-state index is 12.3. The van der Waals surface area contributed by atoms with Crippen molar-refractivity contribution in [1.82, 2.24) is 0 Å². The second-order valence-electron chi connectivity index (χ2n) is 8.54. The predicted octanol–water partition coefficient (Wildman–Crippen LogP) is 6.94. The van der Waals surface area contributed by atoms with Crippen LogP contribution in [0.4, 0.5) is 0 Å². The first kappa shape index (κ1) is 24.4. The minimum atomic E-state index is -0.352. The van der Waals surface area contributed by atoms with Crippen LogP contribution in [0.15, 0.2) is 48.5 Å². The fourth-order valence-corrected chi connectivity index (χ4v) is 3.00. The van der Waals surface area contributed by atoms with E-state index in [-0.39, 0.29) is 23.4 Å². The van der Waals surface area contributed by atoms with Gasteiger partial charge in [0.05, 0.1) is 0 Å². The first-order valence-electron chi connectivity index (χ1n) is 11.1. The second kappa shape index (κ2) is 12.8. The van der Waals surface area contributed by atoms with E-state index in [2.05, 4.69) is 27.7 Å². The van der Waals surface area contributed by atoms with Gasteiger partial charge in [0.15, 0.2) is 11.5 Å². The molecule has 0 saturated heterocycles. The molecule has 0 bridgehead atoms. The summed E-state index contributed by atoms with van der Waals surface area (Å²) >= 11 is 0. The molecule has 0 unspecified atom stereocenters. The summed E-state index contributed by atoms with van der Waals surface area (Å²) in [6, 6.07) is 14.2.